The second kappa shape index (κ2) is 9.60. The summed E-state index contributed by atoms with van der Waals surface area (Å²) in [4.78, 5) is 14.6. The number of carbonyl (C=O) groups excluding carboxylic acids is 1. The molecular formula is C23H30N2O3. The van der Waals surface area contributed by atoms with E-state index in [2.05, 4.69) is 38.2 Å². The number of aryl methyl sites for hydroxylation is 1. The fraction of sp³-hybridized carbons (Fsp3) is 0.435. The number of ether oxygens (including phenoxy) is 2. The summed E-state index contributed by atoms with van der Waals surface area (Å²) >= 11 is 0. The molecule has 1 aliphatic heterocycles. The number of rotatable bonds is 7. The van der Waals surface area contributed by atoms with E-state index in [1.165, 1.54) is 11.1 Å². The zero-order chi connectivity index (χ0) is 19.9. The van der Waals surface area contributed by atoms with Gasteiger partial charge in [0.1, 0.15) is 12.4 Å². The Bertz CT molecular complexity index is 798. The number of nitrogens with one attached hydrogen (secondary N) is 1. The lowest BCUT2D eigenvalue weighted by atomic mass is 9.98. The molecule has 2 aromatic rings. The van der Waals surface area contributed by atoms with Gasteiger partial charge in [-0.15, -0.1) is 0 Å². The van der Waals surface area contributed by atoms with E-state index in [0.717, 1.165) is 11.4 Å². The van der Waals surface area contributed by atoms with E-state index in [0.29, 0.717) is 50.9 Å². The van der Waals surface area contributed by atoms with Gasteiger partial charge in [0.05, 0.1) is 18.8 Å². The van der Waals surface area contributed by atoms with Gasteiger partial charge in [0, 0.05) is 25.3 Å². The minimum absolute atomic E-state index is 0.0483. The number of para-hydroxylation sites is 1. The smallest absolute Gasteiger partial charge is 0.256 e. The Morgan fingerprint density at radius 3 is 2.64 bits per heavy atom. The van der Waals surface area contributed by atoms with E-state index in [4.69, 9.17) is 9.47 Å². The van der Waals surface area contributed by atoms with Crippen molar-refractivity contribution >= 4 is 11.6 Å². The van der Waals surface area contributed by atoms with Crippen LogP contribution in [0.4, 0.5) is 5.69 Å². The minimum atomic E-state index is 0.0483. The number of nitrogens with zero attached hydrogens (tertiary/aromatic N) is 1. The third-order valence-corrected chi connectivity index (χ3v) is 5.01. The third-order valence-electron chi connectivity index (χ3n) is 5.01. The van der Waals surface area contributed by atoms with Gasteiger partial charge in [-0.2, -0.15) is 0 Å². The molecule has 0 radical (unpaired) electrons. The Morgan fingerprint density at radius 2 is 1.93 bits per heavy atom. The van der Waals surface area contributed by atoms with Gasteiger partial charge in [0.15, 0.2) is 0 Å². The van der Waals surface area contributed by atoms with Gasteiger partial charge >= 0.3 is 0 Å². The molecule has 28 heavy (non-hydrogen) atoms. The maximum Gasteiger partial charge on any atom is 0.256 e. The third kappa shape index (κ3) is 5.04. The summed E-state index contributed by atoms with van der Waals surface area (Å²) in [7, 11) is 0. The van der Waals surface area contributed by atoms with Crippen LogP contribution in [0, 0.1) is 6.92 Å². The van der Waals surface area contributed by atoms with Gasteiger partial charge in [-0.1, -0.05) is 32.0 Å². The SMILES string of the molecule is Cc1cc(OCCNc2ccccc2C(=O)N2CCOCC2)ccc1C(C)C. The predicted molar refractivity (Wildman–Crippen MR) is 112 cm³/mol. The van der Waals surface area contributed by atoms with E-state index in [1.807, 2.05) is 35.2 Å². The second-order valence-electron chi connectivity index (χ2n) is 7.40. The van der Waals surface area contributed by atoms with Crippen molar-refractivity contribution in [1.29, 1.82) is 0 Å². The number of hydrogen-bond acceptors (Lipinski definition) is 4. The molecule has 150 valence electrons. The first-order valence-corrected chi connectivity index (χ1v) is 9.99. The van der Waals surface area contributed by atoms with Crippen molar-refractivity contribution in [1.82, 2.24) is 4.90 Å². The molecule has 0 spiro atoms. The highest BCUT2D eigenvalue weighted by molar-refractivity contribution is 5.99. The number of carbonyl (C=O) groups is 1. The van der Waals surface area contributed by atoms with Crippen molar-refractivity contribution in [2.24, 2.45) is 0 Å². The first-order valence-electron chi connectivity index (χ1n) is 9.99. The van der Waals surface area contributed by atoms with Crippen molar-refractivity contribution < 1.29 is 14.3 Å². The number of morpholine rings is 1. The van der Waals surface area contributed by atoms with Gasteiger partial charge in [-0.3, -0.25) is 4.79 Å². The summed E-state index contributed by atoms with van der Waals surface area (Å²) in [6.07, 6.45) is 0. The molecular weight excluding hydrogens is 352 g/mol. The molecule has 5 heteroatoms. The molecule has 1 heterocycles. The summed E-state index contributed by atoms with van der Waals surface area (Å²) in [6.45, 7) is 10.1. The number of benzene rings is 2. The summed E-state index contributed by atoms with van der Waals surface area (Å²) in [5.74, 6) is 1.44. The summed E-state index contributed by atoms with van der Waals surface area (Å²) in [6, 6.07) is 13.9. The molecule has 1 N–H and O–H groups in total. The van der Waals surface area contributed by atoms with Crippen molar-refractivity contribution in [3.05, 3.63) is 59.2 Å². The zero-order valence-electron chi connectivity index (χ0n) is 17.0. The monoisotopic (exact) mass is 382 g/mol. The Balaban J connectivity index is 1.55. The number of anilines is 1. The van der Waals surface area contributed by atoms with E-state index >= 15 is 0 Å². The van der Waals surface area contributed by atoms with Crippen LogP contribution in [0.25, 0.3) is 0 Å². The van der Waals surface area contributed by atoms with Crippen molar-refractivity contribution in [3.63, 3.8) is 0 Å². The van der Waals surface area contributed by atoms with Crippen LogP contribution in [-0.4, -0.2) is 50.3 Å². The quantitative estimate of drug-likeness (QED) is 0.733. The fourth-order valence-electron chi connectivity index (χ4n) is 3.50. The fourth-order valence-corrected chi connectivity index (χ4v) is 3.50. The van der Waals surface area contributed by atoms with Crippen LogP contribution in [0.2, 0.25) is 0 Å². The molecule has 0 saturated carbocycles. The molecule has 2 aromatic carbocycles. The van der Waals surface area contributed by atoms with Crippen LogP contribution in [0.15, 0.2) is 42.5 Å². The summed E-state index contributed by atoms with van der Waals surface area (Å²) in [5.41, 5.74) is 4.14. The van der Waals surface area contributed by atoms with Crippen molar-refractivity contribution in [3.8, 4) is 5.75 Å². The maximum atomic E-state index is 12.8. The lowest BCUT2D eigenvalue weighted by Crippen LogP contribution is -2.41. The molecule has 1 aliphatic rings. The molecule has 0 unspecified atom stereocenters. The Morgan fingerprint density at radius 1 is 1.18 bits per heavy atom. The molecule has 0 atom stereocenters. The van der Waals surface area contributed by atoms with Gasteiger partial charge in [0.2, 0.25) is 0 Å². The average molecular weight is 383 g/mol. The summed E-state index contributed by atoms with van der Waals surface area (Å²) in [5, 5.41) is 3.34. The van der Waals surface area contributed by atoms with E-state index < -0.39 is 0 Å². The van der Waals surface area contributed by atoms with Crippen LogP contribution in [0.3, 0.4) is 0 Å². The molecule has 0 aromatic heterocycles. The van der Waals surface area contributed by atoms with Crippen LogP contribution in [0.1, 0.15) is 41.3 Å². The Labute approximate surface area is 167 Å². The maximum absolute atomic E-state index is 12.8. The van der Waals surface area contributed by atoms with Gasteiger partial charge < -0.3 is 19.7 Å². The second-order valence-corrected chi connectivity index (χ2v) is 7.40. The van der Waals surface area contributed by atoms with E-state index in [1.54, 1.807) is 0 Å². The largest absolute Gasteiger partial charge is 0.492 e. The standard InChI is InChI=1S/C23H30N2O3/c1-17(2)20-9-8-19(16-18(20)3)28-13-10-24-22-7-5-4-6-21(22)23(26)25-11-14-27-15-12-25/h4-9,16-17,24H,10-15H2,1-3H3. The highest BCUT2D eigenvalue weighted by atomic mass is 16.5. The van der Waals surface area contributed by atoms with Crippen LogP contribution in [0.5, 0.6) is 5.75 Å². The average Bonchev–Trinajstić information content (AvgIpc) is 2.71. The normalized spacial score (nSPS) is 14.2. The lowest BCUT2D eigenvalue weighted by molar-refractivity contribution is 0.0303. The van der Waals surface area contributed by atoms with Gasteiger partial charge in [-0.25, -0.2) is 0 Å². The van der Waals surface area contributed by atoms with Gasteiger partial charge in [-0.05, 0) is 48.2 Å². The topological polar surface area (TPSA) is 50.8 Å². The van der Waals surface area contributed by atoms with Crippen molar-refractivity contribution in [2.45, 2.75) is 26.7 Å². The van der Waals surface area contributed by atoms with Gasteiger partial charge in [0.25, 0.3) is 5.91 Å². The number of hydrogen-bond donors (Lipinski definition) is 1. The molecule has 3 rings (SSSR count). The van der Waals surface area contributed by atoms with Crippen molar-refractivity contribution in [2.75, 3.05) is 44.8 Å². The number of amides is 1. The van der Waals surface area contributed by atoms with Crippen LogP contribution >= 0.6 is 0 Å². The first kappa shape index (κ1) is 20.2. The highest BCUT2D eigenvalue weighted by Crippen LogP contribution is 2.23. The Hall–Kier alpha value is -2.53. The highest BCUT2D eigenvalue weighted by Gasteiger charge is 2.20. The molecule has 0 aliphatic carbocycles. The molecule has 0 bridgehead atoms. The molecule has 1 saturated heterocycles. The predicted octanol–water partition coefficient (Wildman–Crippen LogP) is 4.08. The summed E-state index contributed by atoms with van der Waals surface area (Å²) < 4.78 is 11.2. The first-order chi connectivity index (χ1) is 13.6. The minimum Gasteiger partial charge on any atom is -0.492 e. The van der Waals surface area contributed by atoms with E-state index in [9.17, 15) is 4.79 Å². The van der Waals surface area contributed by atoms with Crippen LogP contribution < -0.4 is 10.1 Å². The molecule has 5 nitrogen and oxygen atoms in total. The van der Waals surface area contributed by atoms with Crippen LogP contribution in [-0.2, 0) is 4.74 Å². The van der Waals surface area contributed by atoms with E-state index in [-0.39, 0.29) is 5.91 Å². The Kier molecular flexibility index (Phi) is 6.93. The zero-order valence-corrected chi connectivity index (χ0v) is 17.0. The molecule has 1 amide bonds. The molecule has 1 fully saturated rings. The lowest BCUT2D eigenvalue weighted by Gasteiger charge is -2.27.